The van der Waals surface area contributed by atoms with Crippen molar-refractivity contribution in [3.63, 3.8) is 0 Å². The smallest absolute Gasteiger partial charge is 0.251 e. The van der Waals surface area contributed by atoms with Crippen LogP contribution in [0, 0.1) is 5.92 Å². The lowest BCUT2D eigenvalue weighted by atomic mass is 9.94. The second kappa shape index (κ2) is 5.85. The SMILES string of the molecule is CC(C)CC(C)(O)CNC(=O)c1ccc2c(c1)NC(=O)C2. The van der Waals surface area contributed by atoms with Crippen molar-refractivity contribution >= 4 is 17.5 Å². The molecule has 1 aromatic carbocycles. The summed E-state index contributed by atoms with van der Waals surface area (Å²) in [5.74, 6) is 0.0533. The van der Waals surface area contributed by atoms with Crippen molar-refractivity contribution in [2.24, 2.45) is 5.92 Å². The molecule has 1 aliphatic heterocycles. The zero-order chi connectivity index (χ0) is 15.6. The highest BCUT2D eigenvalue weighted by Crippen LogP contribution is 2.24. The van der Waals surface area contributed by atoms with Crippen molar-refractivity contribution < 1.29 is 14.7 Å². The number of hydrogen-bond acceptors (Lipinski definition) is 3. The Kier molecular flexibility index (Phi) is 4.32. The van der Waals surface area contributed by atoms with E-state index >= 15 is 0 Å². The maximum absolute atomic E-state index is 12.1. The first-order valence-corrected chi connectivity index (χ1v) is 7.20. The van der Waals surface area contributed by atoms with Gasteiger partial charge in [-0.15, -0.1) is 0 Å². The van der Waals surface area contributed by atoms with E-state index in [9.17, 15) is 14.7 Å². The fourth-order valence-corrected chi connectivity index (χ4v) is 2.68. The second-order valence-corrected chi connectivity index (χ2v) is 6.37. The number of fused-ring (bicyclic) bond motifs is 1. The molecule has 0 saturated carbocycles. The van der Waals surface area contributed by atoms with Crippen LogP contribution in [0.4, 0.5) is 5.69 Å². The molecule has 21 heavy (non-hydrogen) atoms. The van der Waals surface area contributed by atoms with Gasteiger partial charge in [0, 0.05) is 17.8 Å². The Hall–Kier alpha value is -1.88. The monoisotopic (exact) mass is 290 g/mol. The van der Waals surface area contributed by atoms with E-state index in [-0.39, 0.29) is 18.4 Å². The van der Waals surface area contributed by atoms with E-state index in [1.54, 1.807) is 25.1 Å². The average molecular weight is 290 g/mol. The highest BCUT2D eigenvalue weighted by molar-refractivity contribution is 6.02. The summed E-state index contributed by atoms with van der Waals surface area (Å²) in [7, 11) is 0. The van der Waals surface area contributed by atoms with Crippen molar-refractivity contribution in [3.05, 3.63) is 29.3 Å². The van der Waals surface area contributed by atoms with Crippen LogP contribution in [0.3, 0.4) is 0 Å². The van der Waals surface area contributed by atoms with Crippen molar-refractivity contribution in [3.8, 4) is 0 Å². The minimum absolute atomic E-state index is 0.0533. The van der Waals surface area contributed by atoms with Crippen LogP contribution in [-0.4, -0.2) is 29.1 Å². The molecule has 1 unspecified atom stereocenters. The third kappa shape index (κ3) is 4.04. The van der Waals surface area contributed by atoms with Gasteiger partial charge in [-0.3, -0.25) is 9.59 Å². The number of rotatable bonds is 5. The van der Waals surface area contributed by atoms with Gasteiger partial charge in [0.25, 0.3) is 5.91 Å². The molecule has 114 valence electrons. The third-order valence-corrected chi connectivity index (χ3v) is 3.47. The molecular weight excluding hydrogens is 268 g/mol. The van der Waals surface area contributed by atoms with Crippen molar-refractivity contribution in [2.45, 2.75) is 39.2 Å². The molecule has 0 bridgehead atoms. The minimum Gasteiger partial charge on any atom is -0.388 e. The molecule has 0 radical (unpaired) electrons. The van der Waals surface area contributed by atoms with Crippen LogP contribution >= 0.6 is 0 Å². The zero-order valence-electron chi connectivity index (χ0n) is 12.7. The lowest BCUT2D eigenvalue weighted by molar-refractivity contribution is -0.115. The first-order chi connectivity index (χ1) is 9.77. The van der Waals surface area contributed by atoms with E-state index in [0.717, 1.165) is 5.56 Å². The van der Waals surface area contributed by atoms with Crippen molar-refractivity contribution in [2.75, 3.05) is 11.9 Å². The van der Waals surface area contributed by atoms with Gasteiger partial charge < -0.3 is 15.7 Å². The van der Waals surface area contributed by atoms with Gasteiger partial charge in [-0.1, -0.05) is 19.9 Å². The normalized spacial score (nSPS) is 16.3. The number of amides is 2. The Bertz CT molecular complexity index is 565. The molecule has 1 aromatic rings. The number of benzene rings is 1. The first kappa shape index (κ1) is 15.5. The molecular formula is C16H22N2O3. The van der Waals surface area contributed by atoms with Gasteiger partial charge in [-0.25, -0.2) is 0 Å². The molecule has 0 fully saturated rings. The van der Waals surface area contributed by atoms with Crippen molar-refractivity contribution in [1.29, 1.82) is 0 Å². The molecule has 3 N–H and O–H groups in total. The van der Waals surface area contributed by atoms with Gasteiger partial charge in [-0.05, 0) is 37.0 Å². The fraction of sp³-hybridized carbons (Fsp3) is 0.500. The number of carbonyl (C=O) groups is 2. The van der Waals surface area contributed by atoms with Crippen LogP contribution < -0.4 is 10.6 Å². The molecule has 0 saturated heterocycles. The lowest BCUT2D eigenvalue weighted by Gasteiger charge is -2.25. The van der Waals surface area contributed by atoms with Gasteiger partial charge >= 0.3 is 0 Å². The standard InChI is InChI=1S/C16H22N2O3/c1-10(2)8-16(3,21)9-17-15(20)12-5-4-11-7-14(19)18-13(11)6-12/h4-6,10,21H,7-9H2,1-3H3,(H,17,20)(H,18,19). The maximum Gasteiger partial charge on any atom is 0.251 e. The summed E-state index contributed by atoms with van der Waals surface area (Å²) in [6, 6.07) is 5.16. The maximum atomic E-state index is 12.1. The summed E-state index contributed by atoms with van der Waals surface area (Å²) in [5, 5.41) is 15.7. The van der Waals surface area contributed by atoms with Gasteiger partial charge in [0.2, 0.25) is 5.91 Å². The third-order valence-electron chi connectivity index (χ3n) is 3.47. The van der Waals surface area contributed by atoms with Crippen LogP contribution in [-0.2, 0) is 11.2 Å². The van der Waals surface area contributed by atoms with Gasteiger partial charge in [0.1, 0.15) is 0 Å². The Balaban J connectivity index is 1.98. The van der Waals surface area contributed by atoms with E-state index in [1.807, 2.05) is 13.8 Å². The number of carbonyl (C=O) groups excluding carboxylic acids is 2. The van der Waals surface area contributed by atoms with E-state index in [2.05, 4.69) is 10.6 Å². The molecule has 0 aliphatic carbocycles. The van der Waals surface area contributed by atoms with E-state index in [4.69, 9.17) is 0 Å². The molecule has 5 nitrogen and oxygen atoms in total. The number of anilines is 1. The molecule has 1 atom stereocenters. The fourth-order valence-electron chi connectivity index (χ4n) is 2.68. The molecule has 5 heteroatoms. The van der Waals surface area contributed by atoms with E-state index in [1.165, 1.54) is 0 Å². The molecule has 0 aromatic heterocycles. The topological polar surface area (TPSA) is 78.4 Å². The van der Waals surface area contributed by atoms with Gasteiger partial charge in [0.05, 0.1) is 12.0 Å². The van der Waals surface area contributed by atoms with Crippen LogP contribution in [0.5, 0.6) is 0 Å². The van der Waals surface area contributed by atoms with Crippen LogP contribution in [0.25, 0.3) is 0 Å². The predicted octanol–water partition coefficient (Wildman–Crippen LogP) is 1.71. The minimum atomic E-state index is -0.922. The quantitative estimate of drug-likeness (QED) is 0.772. The summed E-state index contributed by atoms with van der Waals surface area (Å²) in [4.78, 5) is 23.4. The summed E-state index contributed by atoms with van der Waals surface area (Å²) >= 11 is 0. The average Bonchev–Trinajstić information content (AvgIpc) is 2.73. The van der Waals surface area contributed by atoms with E-state index in [0.29, 0.717) is 30.0 Å². The van der Waals surface area contributed by atoms with Gasteiger partial charge in [0.15, 0.2) is 0 Å². The first-order valence-electron chi connectivity index (χ1n) is 7.20. The second-order valence-electron chi connectivity index (χ2n) is 6.37. The summed E-state index contributed by atoms with van der Waals surface area (Å²) in [6.07, 6.45) is 0.980. The zero-order valence-corrected chi connectivity index (χ0v) is 12.7. The highest BCUT2D eigenvalue weighted by Gasteiger charge is 2.24. The Morgan fingerprint density at radius 3 is 2.86 bits per heavy atom. The Morgan fingerprint density at radius 1 is 1.48 bits per heavy atom. The summed E-state index contributed by atoms with van der Waals surface area (Å²) < 4.78 is 0. The van der Waals surface area contributed by atoms with Crippen LogP contribution in [0.2, 0.25) is 0 Å². The molecule has 0 spiro atoms. The Labute approximate surface area is 124 Å². The van der Waals surface area contributed by atoms with Crippen LogP contribution in [0.1, 0.15) is 43.1 Å². The molecule has 2 rings (SSSR count). The van der Waals surface area contributed by atoms with Crippen molar-refractivity contribution in [1.82, 2.24) is 5.32 Å². The largest absolute Gasteiger partial charge is 0.388 e. The number of hydrogen-bond donors (Lipinski definition) is 3. The van der Waals surface area contributed by atoms with Gasteiger partial charge in [-0.2, -0.15) is 0 Å². The molecule has 1 aliphatic rings. The van der Waals surface area contributed by atoms with Crippen LogP contribution in [0.15, 0.2) is 18.2 Å². The molecule has 1 heterocycles. The summed E-state index contributed by atoms with van der Waals surface area (Å²) in [5.41, 5.74) is 1.16. The highest BCUT2D eigenvalue weighted by atomic mass is 16.3. The summed E-state index contributed by atoms with van der Waals surface area (Å²) in [6.45, 7) is 5.97. The predicted molar refractivity (Wildman–Crippen MR) is 81.2 cm³/mol. The van der Waals surface area contributed by atoms with E-state index < -0.39 is 5.60 Å². The number of aliphatic hydroxyl groups is 1. The Morgan fingerprint density at radius 2 is 2.19 bits per heavy atom. The molecule has 2 amide bonds. The lowest BCUT2D eigenvalue weighted by Crippen LogP contribution is -2.41. The number of nitrogens with one attached hydrogen (secondary N) is 2.